The minimum atomic E-state index is -0.696. The van der Waals surface area contributed by atoms with Gasteiger partial charge in [-0.1, -0.05) is 25.5 Å². The van der Waals surface area contributed by atoms with Gasteiger partial charge in [0.15, 0.2) is 0 Å². The number of nitrogens with two attached hydrogens (primary N) is 1. The molecule has 0 aliphatic carbocycles. The molecule has 0 heterocycles. The Morgan fingerprint density at radius 3 is 2.80 bits per heavy atom. The average molecular weight is 276 g/mol. The van der Waals surface area contributed by atoms with Crippen LogP contribution in [-0.4, -0.2) is 11.2 Å². The predicted octanol–water partition coefficient (Wildman–Crippen LogP) is 2.75. The van der Waals surface area contributed by atoms with Crippen LogP contribution in [0.4, 0.5) is 4.39 Å². The van der Waals surface area contributed by atoms with E-state index in [1.165, 1.54) is 0 Å². The van der Waals surface area contributed by atoms with Crippen molar-refractivity contribution in [3.63, 3.8) is 0 Å². The SMILES string of the molecule is CCC[C@H](O)[C@H](N)c1cccc(Br)c1F. The van der Waals surface area contributed by atoms with E-state index in [0.29, 0.717) is 16.5 Å². The van der Waals surface area contributed by atoms with E-state index >= 15 is 0 Å². The third kappa shape index (κ3) is 3.00. The lowest BCUT2D eigenvalue weighted by atomic mass is 9.99. The molecule has 0 unspecified atom stereocenters. The first-order valence-electron chi connectivity index (χ1n) is 4.95. The number of aliphatic hydroxyl groups excluding tert-OH is 1. The fourth-order valence-corrected chi connectivity index (χ4v) is 1.84. The summed E-state index contributed by atoms with van der Waals surface area (Å²) in [6.45, 7) is 1.95. The second-order valence-electron chi connectivity index (χ2n) is 3.52. The minimum absolute atomic E-state index is 0.352. The number of aliphatic hydroxyl groups is 1. The molecule has 1 aromatic rings. The Morgan fingerprint density at radius 1 is 1.53 bits per heavy atom. The highest BCUT2D eigenvalue weighted by Crippen LogP contribution is 2.25. The maximum absolute atomic E-state index is 13.6. The summed E-state index contributed by atoms with van der Waals surface area (Å²) in [5.41, 5.74) is 6.14. The maximum Gasteiger partial charge on any atom is 0.142 e. The molecule has 2 atom stereocenters. The van der Waals surface area contributed by atoms with Gasteiger partial charge in [0.05, 0.1) is 16.6 Å². The molecule has 0 amide bonds. The van der Waals surface area contributed by atoms with Crippen molar-refractivity contribution in [2.45, 2.75) is 31.9 Å². The van der Waals surface area contributed by atoms with Crippen molar-refractivity contribution in [1.82, 2.24) is 0 Å². The Balaban J connectivity index is 2.90. The number of halogens is 2. The fourth-order valence-electron chi connectivity index (χ4n) is 1.46. The van der Waals surface area contributed by atoms with Crippen molar-refractivity contribution in [3.8, 4) is 0 Å². The molecule has 3 N–H and O–H groups in total. The number of hydrogen-bond donors (Lipinski definition) is 2. The smallest absolute Gasteiger partial charge is 0.142 e. The highest BCUT2D eigenvalue weighted by Gasteiger charge is 2.20. The largest absolute Gasteiger partial charge is 0.391 e. The van der Waals surface area contributed by atoms with E-state index in [0.717, 1.165) is 6.42 Å². The van der Waals surface area contributed by atoms with Crippen molar-refractivity contribution in [3.05, 3.63) is 34.1 Å². The Morgan fingerprint density at radius 2 is 2.20 bits per heavy atom. The van der Waals surface area contributed by atoms with Gasteiger partial charge in [0.25, 0.3) is 0 Å². The van der Waals surface area contributed by atoms with Crippen molar-refractivity contribution in [2.75, 3.05) is 0 Å². The van der Waals surface area contributed by atoms with Crippen LogP contribution in [0.15, 0.2) is 22.7 Å². The summed E-state index contributed by atoms with van der Waals surface area (Å²) in [4.78, 5) is 0. The van der Waals surface area contributed by atoms with Crippen LogP contribution in [-0.2, 0) is 0 Å². The van der Waals surface area contributed by atoms with E-state index in [-0.39, 0.29) is 5.82 Å². The topological polar surface area (TPSA) is 46.2 Å². The zero-order valence-corrected chi connectivity index (χ0v) is 10.2. The Labute approximate surface area is 97.4 Å². The molecule has 0 saturated carbocycles. The minimum Gasteiger partial charge on any atom is -0.391 e. The zero-order valence-electron chi connectivity index (χ0n) is 8.58. The van der Waals surface area contributed by atoms with E-state index < -0.39 is 12.1 Å². The summed E-state index contributed by atoms with van der Waals surface area (Å²) in [5, 5.41) is 9.68. The van der Waals surface area contributed by atoms with E-state index in [2.05, 4.69) is 15.9 Å². The third-order valence-electron chi connectivity index (χ3n) is 2.34. The summed E-state index contributed by atoms with van der Waals surface area (Å²) < 4.78 is 14.0. The van der Waals surface area contributed by atoms with Gasteiger partial charge < -0.3 is 10.8 Å². The molecule has 0 saturated heterocycles. The molecule has 0 fully saturated rings. The lowest BCUT2D eigenvalue weighted by Crippen LogP contribution is -2.26. The molecule has 0 aliphatic heterocycles. The molecule has 0 aliphatic rings. The van der Waals surface area contributed by atoms with Gasteiger partial charge >= 0.3 is 0 Å². The molecule has 4 heteroatoms. The summed E-state index contributed by atoms with van der Waals surface area (Å²) >= 11 is 3.09. The van der Waals surface area contributed by atoms with Crippen molar-refractivity contribution in [2.24, 2.45) is 5.73 Å². The first-order valence-corrected chi connectivity index (χ1v) is 5.74. The second kappa shape index (κ2) is 5.58. The zero-order chi connectivity index (χ0) is 11.4. The summed E-state index contributed by atoms with van der Waals surface area (Å²) in [6, 6.07) is 4.25. The molecular formula is C11H15BrFNO. The van der Waals surface area contributed by atoms with Crippen LogP contribution < -0.4 is 5.73 Å². The summed E-state index contributed by atoms with van der Waals surface area (Å²) in [7, 11) is 0. The maximum atomic E-state index is 13.6. The molecule has 0 spiro atoms. The normalized spacial score (nSPS) is 15.0. The van der Waals surface area contributed by atoms with Crippen LogP contribution in [0, 0.1) is 5.82 Å². The third-order valence-corrected chi connectivity index (χ3v) is 2.95. The molecular weight excluding hydrogens is 261 g/mol. The van der Waals surface area contributed by atoms with Crippen LogP contribution >= 0.6 is 15.9 Å². The van der Waals surface area contributed by atoms with Crippen LogP contribution in [0.3, 0.4) is 0 Å². The van der Waals surface area contributed by atoms with E-state index in [9.17, 15) is 9.50 Å². The van der Waals surface area contributed by atoms with Gasteiger partial charge in [-0.3, -0.25) is 0 Å². The van der Waals surface area contributed by atoms with Gasteiger partial charge in [-0.25, -0.2) is 4.39 Å². The Bertz CT molecular complexity index is 332. The standard InChI is InChI=1S/C11H15BrFNO/c1-2-4-9(15)11(14)7-5-3-6-8(12)10(7)13/h3,5-6,9,11,15H,2,4,14H2,1H3/t9-,11+/m0/s1. The first kappa shape index (κ1) is 12.6. The van der Waals surface area contributed by atoms with Crippen molar-refractivity contribution < 1.29 is 9.50 Å². The molecule has 84 valence electrons. The van der Waals surface area contributed by atoms with Crippen molar-refractivity contribution in [1.29, 1.82) is 0 Å². The van der Waals surface area contributed by atoms with Gasteiger partial charge in [-0.15, -0.1) is 0 Å². The van der Waals surface area contributed by atoms with Gasteiger partial charge in [0, 0.05) is 5.56 Å². The highest BCUT2D eigenvalue weighted by atomic mass is 79.9. The lowest BCUT2D eigenvalue weighted by molar-refractivity contribution is 0.133. The number of benzene rings is 1. The van der Waals surface area contributed by atoms with Gasteiger partial charge in [-0.05, 0) is 28.4 Å². The van der Waals surface area contributed by atoms with Crippen LogP contribution in [0.5, 0.6) is 0 Å². The molecule has 2 nitrogen and oxygen atoms in total. The highest BCUT2D eigenvalue weighted by molar-refractivity contribution is 9.10. The van der Waals surface area contributed by atoms with Crippen LogP contribution in [0.25, 0.3) is 0 Å². The molecule has 15 heavy (non-hydrogen) atoms. The van der Waals surface area contributed by atoms with Crippen LogP contribution in [0.1, 0.15) is 31.4 Å². The quantitative estimate of drug-likeness (QED) is 0.888. The predicted molar refractivity (Wildman–Crippen MR) is 61.9 cm³/mol. The van der Waals surface area contributed by atoms with Crippen molar-refractivity contribution >= 4 is 15.9 Å². The fraction of sp³-hybridized carbons (Fsp3) is 0.455. The molecule has 0 aromatic heterocycles. The average Bonchev–Trinajstić information content (AvgIpc) is 2.21. The Hall–Kier alpha value is -0.450. The second-order valence-corrected chi connectivity index (χ2v) is 4.38. The summed E-state index contributed by atoms with van der Waals surface area (Å²) in [5.74, 6) is -0.389. The first-order chi connectivity index (χ1) is 7.07. The summed E-state index contributed by atoms with van der Waals surface area (Å²) in [6.07, 6.45) is 0.705. The van der Waals surface area contributed by atoms with Gasteiger partial charge in [0.1, 0.15) is 5.82 Å². The van der Waals surface area contributed by atoms with Gasteiger partial charge in [-0.2, -0.15) is 0 Å². The van der Waals surface area contributed by atoms with E-state index in [1.807, 2.05) is 6.92 Å². The molecule has 0 bridgehead atoms. The molecule has 1 rings (SSSR count). The van der Waals surface area contributed by atoms with Crippen LogP contribution in [0.2, 0.25) is 0 Å². The number of rotatable bonds is 4. The monoisotopic (exact) mass is 275 g/mol. The lowest BCUT2D eigenvalue weighted by Gasteiger charge is -2.19. The van der Waals surface area contributed by atoms with E-state index in [4.69, 9.17) is 5.73 Å². The molecule has 1 aromatic carbocycles. The van der Waals surface area contributed by atoms with Gasteiger partial charge in [0.2, 0.25) is 0 Å². The molecule has 0 radical (unpaired) electrons. The van der Waals surface area contributed by atoms with E-state index in [1.54, 1.807) is 18.2 Å². The Kier molecular flexibility index (Phi) is 4.70. The number of hydrogen-bond acceptors (Lipinski definition) is 2.